The third kappa shape index (κ3) is 2.93. The predicted molar refractivity (Wildman–Crippen MR) is 70.3 cm³/mol. The first-order valence-corrected chi connectivity index (χ1v) is 6.81. The van der Waals surface area contributed by atoms with Gasteiger partial charge in [-0.2, -0.15) is 0 Å². The van der Waals surface area contributed by atoms with Gasteiger partial charge >= 0.3 is 0 Å². The molecular weight excluding hydrogens is 228 g/mol. The molecule has 4 nitrogen and oxygen atoms in total. The smallest absolute Gasteiger partial charge is 0.287 e. The van der Waals surface area contributed by atoms with Crippen molar-refractivity contribution in [2.45, 2.75) is 32.6 Å². The highest BCUT2D eigenvalue weighted by Gasteiger charge is 2.26. The van der Waals surface area contributed by atoms with E-state index in [0.717, 1.165) is 18.7 Å². The lowest BCUT2D eigenvalue weighted by Gasteiger charge is -2.17. The van der Waals surface area contributed by atoms with Crippen molar-refractivity contribution in [1.82, 2.24) is 5.32 Å². The molecule has 1 aliphatic carbocycles. The van der Waals surface area contributed by atoms with Crippen LogP contribution in [-0.2, 0) is 6.42 Å². The molecule has 1 heterocycles. The molecule has 1 aliphatic rings. The SMILES string of the molecule is CCc1ccc(C(=O)NCC2CCCC2CN)o1. The molecule has 0 radical (unpaired) electrons. The van der Waals surface area contributed by atoms with E-state index in [1.165, 1.54) is 19.3 Å². The summed E-state index contributed by atoms with van der Waals surface area (Å²) < 4.78 is 5.43. The van der Waals surface area contributed by atoms with Crippen molar-refractivity contribution in [2.75, 3.05) is 13.1 Å². The average molecular weight is 250 g/mol. The second-order valence-electron chi connectivity index (χ2n) is 5.02. The van der Waals surface area contributed by atoms with E-state index in [-0.39, 0.29) is 5.91 Å². The molecule has 100 valence electrons. The van der Waals surface area contributed by atoms with Crippen molar-refractivity contribution >= 4 is 5.91 Å². The molecule has 2 rings (SSSR count). The first-order chi connectivity index (χ1) is 8.74. The number of aryl methyl sites for hydroxylation is 1. The van der Waals surface area contributed by atoms with Crippen LogP contribution in [0.3, 0.4) is 0 Å². The quantitative estimate of drug-likeness (QED) is 0.839. The minimum atomic E-state index is -0.114. The molecule has 1 amide bonds. The highest BCUT2D eigenvalue weighted by atomic mass is 16.3. The Morgan fingerprint density at radius 3 is 2.89 bits per heavy atom. The van der Waals surface area contributed by atoms with E-state index in [9.17, 15) is 4.79 Å². The molecule has 4 heteroatoms. The maximum atomic E-state index is 11.9. The number of furan rings is 1. The Hall–Kier alpha value is -1.29. The second kappa shape index (κ2) is 6.05. The van der Waals surface area contributed by atoms with Gasteiger partial charge in [-0.3, -0.25) is 4.79 Å². The van der Waals surface area contributed by atoms with Crippen LogP contribution in [0.4, 0.5) is 0 Å². The molecule has 1 saturated carbocycles. The molecule has 1 fully saturated rings. The van der Waals surface area contributed by atoms with Crippen LogP contribution in [-0.4, -0.2) is 19.0 Å². The van der Waals surface area contributed by atoms with E-state index in [4.69, 9.17) is 10.2 Å². The van der Waals surface area contributed by atoms with Crippen LogP contribution in [0.15, 0.2) is 16.5 Å². The zero-order chi connectivity index (χ0) is 13.0. The molecule has 2 atom stereocenters. The van der Waals surface area contributed by atoms with Crippen LogP contribution in [0.25, 0.3) is 0 Å². The topological polar surface area (TPSA) is 68.3 Å². The van der Waals surface area contributed by atoms with E-state index < -0.39 is 0 Å². The molecule has 1 aromatic heterocycles. The van der Waals surface area contributed by atoms with E-state index >= 15 is 0 Å². The van der Waals surface area contributed by atoms with E-state index in [1.807, 2.05) is 13.0 Å². The van der Waals surface area contributed by atoms with Crippen molar-refractivity contribution in [3.63, 3.8) is 0 Å². The summed E-state index contributed by atoms with van der Waals surface area (Å²) in [7, 11) is 0. The summed E-state index contributed by atoms with van der Waals surface area (Å²) in [5, 5.41) is 2.95. The summed E-state index contributed by atoms with van der Waals surface area (Å²) in [6.07, 6.45) is 4.40. The number of nitrogens with one attached hydrogen (secondary N) is 1. The molecule has 2 unspecified atom stereocenters. The lowest BCUT2D eigenvalue weighted by Crippen LogP contribution is -2.32. The van der Waals surface area contributed by atoms with Crippen molar-refractivity contribution in [2.24, 2.45) is 17.6 Å². The summed E-state index contributed by atoms with van der Waals surface area (Å²) in [6, 6.07) is 3.59. The lowest BCUT2D eigenvalue weighted by atomic mass is 9.96. The fourth-order valence-corrected chi connectivity index (χ4v) is 2.69. The highest BCUT2D eigenvalue weighted by molar-refractivity contribution is 5.91. The highest BCUT2D eigenvalue weighted by Crippen LogP contribution is 2.30. The van der Waals surface area contributed by atoms with Gasteiger partial charge in [0.15, 0.2) is 5.76 Å². The summed E-state index contributed by atoms with van der Waals surface area (Å²) in [5.74, 6) is 2.24. The van der Waals surface area contributed by atoms with Crippen LogP contribution in [0, 0.1) is 11.8 Å². The molecule has 1 aromatic rings. The Morgan fingerprint density at radius 1 is 1.44 bits per heavy atom. The van der Waals surface area contributed by atoms with Crippen LogP contribution >= 0.6 is 0 Å². The fourth-order valence-electron chi connectivity index (χ4n) is 2.69. The third-order valence-corrected chi connectivity index (χ3v) is 3.88. The average Bonchev–Trinajstić information content (AvgIpc) is 3.04. The predicted octanol–water partition coefficient (Wildman–Crippen LogP) is 1.95. The van der Waals surface area contributed by atoms with Gasteiger partial charge in [-0.25, -0.2) is 0 Å². The summed E-state index contributed by atoms with van der Waals surface area (Å²) >= 11 is 0. The number of hydrogen-bond donors (Lipinski definition) is 2. The second-order valence-corrected chi connectivity index (χ2v) is 5.02. The van der Waals surface area contributed by atoms with E-state index in [1.54, 1.807) is 6.07 Å². The zero-order valence-electron chi connectivity index (χ0n) is 10.9. The maximum absolute atomic E-state index is 11.9. The Kier molecular flexibility index (Phi) is 4.42. The van der Waals surface area contributed by atoms with Gasteiger partial charge in [0.1, 0.15) is 5.76 Å². The standard InChI is InChI=1S/C14H22N2O2/c1-2-12-6-7-13(18-12)14(17)16-9-11-5-3-4-10(11)8-15/h6-7,10-11H,2-5,8-9,15H2,1H3,(H,16,17). The number of carbonyl (C=O) groups is 1. The molecule has 0 aliphatic heterocycles. The maximum Gasteiger partial charge on any atom is 0.287 e. The van der Waals surface area contributed by atoms with Gasteiger partial charge < -0.3 is 15.5 Å². The Bertz CT molecular complexity index is 400. The number of hydrogen-bond acceptors (Lipinski definition) is 3. The van der Waals surface area contributed by atoms with Crippen molar-refractivity contribution in [3.8, 4) is 0 Å². The molecule has 3 N–H and O–H groups in total. The number of carbonyl (C=O) groups excluding carboxylic acids is 1. The molecular formula is C14H22N2O2. The van der Waals surface area contributed by atoms with Crippen molar-refractivity contribution in [1.29, 1.82) is 0 Å². The fraction of sp³-hybridized carbons (Fsp3) is 0.643. The van der Waals surface area contributed by atoms with Crippen LogP contribution in [0.1, 0.15) is 42.5 Å². The molecule has 0 bridgehead atoms. The number of nitrogens with two attached hydrogens (primary N) is 1. The lowest BCUT2D eigenvalue weighted by molar-refractivity contribution is 0.0914. The normalized spacial score (nSPS) is 23.2. The summed E-state index contributed by atoms with van der Waals surface area (Å²) in [6.45, 7) is 3.44. The van der Waals surface area contributed by atoms with Gasteiger partial charge in [0.2, 0.25) is 0 Å². The van der Waals surface area contributed by atoms with Crippen molar-refractivity contribution < 1.29 is 9.21 Å². The molecule has 0 aromatic carbocycles. The molecule has 18 heavy (non-hydrogen) atoms. The minimum Gasteiger partial charge on any atom is -0.456 e. The first-order valence-electron chi connectivity index (χ1n) is 6.81. The van der Waals surface area contributed by atoms with Gasteiger partial charge in [-0.15, -0.1) is 0 Å². The van der Waals surface area contributed by atoms with Gasteiger partial charge in [0.05, 0.1) is 0 Å². The van der Waals surface area contributed by atoms with E-state index in [0.29, 0.717) is 24.1 Å². The van der Waals surface area contributed by atoms with Crippen LogP contribution in [0.5, 0.6) is 0 Å². The monoisotopic (exact) mass is 250 g/mol. The minimum absolute atomic E-state index is 0.114. The third-order valence-electron chi connectivity index (χ3n) is 3.88. The van der Waals surface area contributed by atoms with Gasteiger partial charge in [-0.05, 0) is 43.4 Å². The number of amides is 1. The van der Waals surface area contributed by atoms with Crippen LogP contribution in [0.2, 0.25) is 0 Å². The van der Waals surface area contributed by atoms with E-state index in [2.05, 4.69) is 5.32 Å². The summed E-state index contributed by atoms with van der Waals surface area (Å²) in [4.78, 5) is 11.9. The number of rotatable bonds is 5. The van der Waals surface area contributed by atoms with Gasteiger partial charge in [0.25, 0.3) is 5.91 Å². The Morgan fingerprint density at radius 2 is 2.22 bits per heavy atom. The first kappa shape index (κ1) is 13.1. The largest absolute Gasteiger partial charge is 0.456 e. The summed E-state index contributed by atoms with van der Waals surface area (Å²) in [5.41, 5.74) is 5.73. The Labute approximate surface area is 108 Å². The molecule has 0 saturated heterocycles. The van der Waals surface area contributed by atoms with Crippen molar-refractivity contribution in [3.05, 3.63) is 23.7 Å². The zero-order valence-corrected chi connectivity index (χ0v) is 10.9. The molecule has 0 spiro atoms. The van der Waals surface area contributed by atoms with Gasteiger partial charge in [0, 0.05) is 13.0 Å². The van der Waals surface area contributed by atoms with Crippen LogP contribution < -0.4 is 11.1 Å². The van der Waals surface area contributed by atoms with Gasteiger partial charge in [-0.1, -0.05) is 13.3 Å². The Balaban J connectivity index is 1.84.